The number of anilines is 2. The molecule has 0 radical (unpaired) electrons. The summed E-state index contributed by atoms with van der Waals surface area (Å²) in [4.78, 5) is 16.4. The lowest BCUT2D eigenvalue weighted by Gasteiger charge is -2.14. The Morgan fingerprint density at radius 3 is 1.96 bits per heavy atom. The molecule has 0 spiro atoms. The van der Waals surface area contributed by atoms with Crippen LogP contribution in [0.3, 0.4) is 0 Å². The number of nitrogens with zero attached hydrogens (tertiary/aromatic N) is 4. The molecule has 2 aromatic heterocycles. The fraction of sp³-hybridized carbons (Fsp3) is 0.429. The number of rotatable bonds is 6. The van der Waals surface area contributed by atoms with Crippen LogP contribution in [-0.4, -0.2) is 38.6 Å². The number of alkyl halides is 2. The van der Waals surface area contributed by atoms with Gasteiger partial charge in [-0.25, -0.2) is 19.9 Å². The van der Waals surface area contributed by atoms with Crippen LogP contribution in [0.1, 0.15) is 19.3 Å². The van der Waals surface area contributed by atoms with E-state index in [1.165, 1.54) is 12.4 Å². The van der Waals surface area contributed by atoms with Crippen LogP contribution in [0, 0.1) is 3.57 Å². The zero-order valence-electron chi connectivity index (χ0n) is 12.5. The van der Waals surface area contributed by atoms with E-state index in [1.54, 1.807) is 12.4 Å². The summed E-state index contributed by atoms with van der Waals surface area (Å²) in [7, 11) is 0. The predicted octanol–water partition coefficient (Wildman–Crippen LogP) is 2.92. The highest BCUT2D eigenvalue weighted by Crippen LogP contribution is 2.24. The molecule has 2 heterocycles. The molecule has 0 bridgehead atoms. The van der Waals surface area contributed by atoms with E-state index in [0.29, 0.717) is 11.9 Å². The highest BCUT2D eigenvalue weighted by atomic mass is 127. The van der Waals surface area contributed by atoms with Gasteiger partial charge in [-0.3, -0.25) is 0 Å². The summed E-state index contributed by atoms with van der Waals surface area (Å²) in [5, 5.41) is 6.50. The number of hydrogen-bond donors (Lipinski definition) is 2. The Bertz CT molecular complexity index is 657. The van der Waals surface area contributed by atoms with Crippen LogP contribution >= 0.6 is 22.6 Å². The van der Waals surface area contributed by atoms with Crippen molar-refractivity contribution in [3.8, 4) is 5.75 Å². The average Bonchev–Trinajstić information content (AvgIpc) is 2.98. The van der Waals surface area contributed by atoms with Gasteiger partial charge in [-0.2, -0.15) is 8.78 Å². The summed E-state index contributed by atoms with van der Waals surface area (Å²) >= 11 is 2.16. The zero-order chi connectivity index (χ0) is 16.9. The van der Waals surface area contributed by atoms with Crippen molar-refractivity contribution in [1.29, 1.82) is 0 Å². The van der Waals surface area contributed by atoms with Crippen molar-refractivity contribution in [2.24, 2.45) is 0 Å². The molecular weight excluding hydrogens is 433 g/mol. The Morgan fingerprint density at radius 2 is 1.46 bits per heavy atom. The van der Waals surface area contributed by atoms with Crippen LogP contribution in [-0.2, 0) is 0 Å². The second-order valence-corrected chi connectivity index (χ2v) is 6.59. The van der Waals surface area contributed by atoms with Crippen molar-refractivity contribution in [2.75, 3.05) is 10.6 Å². The van der Waals surface area contributed by atoms with E-state index < -0.39 is 6.61 Å². The normalized spacial score (nSPS) is 20.2. The van der Waals surface area contributed by atoms with Gasteiger partial charge >= 0.3 is 6.61 Å². The van der Waals surface area contributed by atoms with Gasteiger partial charge in [0.15, 0.2) is 5.75 Å². The molecule has 1 fully saturated rings. The number of ether oxygens (including phenoxy) is 1. The number of aromatic nitrogens is 4. The van der Waals surface area contributed by atoms with E-state index in [-0.39, 0.29) is 17.8 Å². The highest BCUT2D eigenvalue weighted by Gasteiger charge is 2.25. The van der Waals surface area contributed by atoms with E-state index in [9.17, 15) is 8.78 Å². The van der Waals surface area contributed by atoms with Gasteiger partial charge in [0.25, 0.3) is 0 Å². The Hall–Kier alpha value is -1.85. The molecule has 2 aromatic rings. The lowest BCUT2D eigenvalue weighted by Crippen LogP contribution is -2.22. The summed E-state index contributed by atoms with van der Waals surface area (Å²) < 4.78 is 29.4. The summed E-state index contributed by atoms with van der Waals surface area (Å²) in [5.41, 5.74) is 0. The molecule has 0 amide bonds. The fourth-order valence-corrected chi connectivity index (χ4v) is 2.83. The maximum absolute atomic E-state index is 12.1. The second-order valence-electron chi connectivity index (χ2n) is 5.34. The average molecular weight is 448 g/mol. The van der Waals surface area contributed by atoms with E-state index >= 15 is 0 Å². The minimum Gasteiger partial charge on any atom is -0.432 e. The molecule has 1 aliphatic rings. The molecule has 0 aromatic carbocycles. The second kappa shape index (κ2) is 7.81. The third-order valence-electron chi connectivity index (χ3n) is 3.57. The Labute approximate surface area is 150 Å². The van der Waals surface area contributed by atoms with Gasteiger partial charge in [0.1, 0.15) is 0 Å². The maximum Gasteiger partial charge on any atom is 0.387 e. The molecule has 2 N–H and O–H groups in total. The minimum atomic E-state index is -2.88. The van der Waals surface area contributed by atoms with Gasteiger partial charge in [0.05, 0.1) is 12.4 Å². The van der Waals surface area contributed by atoms with Crippen LogP contribution in [0.25, 0.3) is 0 Å². The Balaban J connectivity index is 1.49. The maximum atomic E-state index is 12.1. The summed E-state index contributed by atoms with van der Waals surface area (Å²) in [6.07, 6.45) is 8.76. The zero-order valence-corrected chi connectivity index (χ0v) is 14.7. The molecule has 7 nitrogen and oxygen atoms in total. The Kier molecular flexibility index (Phi) is 5.53. The van der Waals surface area contributed by atoms with E-state index in [1.807, 2.05) is 0 Å². The van der Waals surface area contributed by atoms with Crippen molar-refractivity contribution < 1.29 is 13.5 Å². The highest BCUT2D eigenvalue weighted by molar-refractivity contribution is 14.1. The summed E-state index contributed by atoms with van der Waals surface area (Å²) in [6.45, 7) is -2.88. The number of hydrogen-bond acceptors (Lipinski definition) is 7. The monoisotopic (exact) mass is 448 g/mol. The van der Waals surface area contributed by atoms with Crippen molar-refractivity contribution in [2.45, 2.75) is 38.0 Å². The fourth-order valence-electron chi connectivity index (χ4n) is 2.55. The van der Waals surface area contributed by atoms with E-state index in [2.05, 4.69) is 57.9 Å². The molecule has 1 aliphatic carbocycles. The molecule has 0 saturated heterocycles. The molecule has 2 atom stereocenters. The van der Waals surface area contributed by atoms with Gasteiger partial charge in [-0.15, -0.1) is 0 Å². The van der Waals surface area contributed by atoms with Crippen molar-refractivity contribution in [1.82, 2.24) is 19.9 Å². The van der Waals surface area contributed by atoms with E-state index in [4.69, 9.17) is 0 Å². The van der Waals surface area contributed by atoms with Crippen LogP contribution < -0.4 is 15.4 Å². The lowest BCUT2D eigenvalue weighted by molar-refractivity contribution is -0.0503. The minimum absolute atomic E-state index is 0.0580. The molecule has 0 unspecified atom stereocenters. The lowest BCUT2D eigenvalue weighted by atomic mass is 10.2. The molecular formula is C14H15F2IN6O. The molecule has 24 heavy (non-hydrogen) atoms. The van der Waals surface area contributed by atoms with Crippen molar-refractivity contribution in [3.63, 3.8) is 0 Å². The standard InChI is InChI=1S/C14H15F2IN6O/c15-12(16)24-11-6-20-14(21-7-11)23-10-2-1-9(3-10)22-13-18-4-8(17)5-19-13/h4-7,9-10,12H,1-3H2,(H,18,19,22)(H,20,21,23)/t9-,10-/m0/s1. The van der Waals surface area contributed by atoms with Crippen LogP contribution in [0.5, 0.6) is 5.75 Å². The van der Waals surface area contributed by atoms with Gasteiger partial charge in [-0.05, 0) is 41.9 Å². The number of nitrogens with one attached hydrogen (secondary N) is 2. The van der Waals surface area contributed by atoms with Crippen molar-refractivity contribution in [3.05, 3.63) is 28.4 Å². The van der Waals surface area contributed by atoms with Gasteiger partial charge in [-0.1, -0.05) is 0 Å². The summed E-state index contributed by atoms with van der Waals surface area (Å²) in [5.74, 6) is 0.955. The van der Waals surface area contributed by atoms with E-state index in [0.717, 1.165) is 22.8 Å². The third kappa shape index (κ3) is 4.82. The smallest absolute Gasteiger partial charge is 0.387 e. The van der Waals surface area contributed by atoms with Gasteiger partial charge in [0, 0.05) is 28.0 Å². The van der Waals surface area contributed by atoms with Crippen molar-refractivity contribution >= 4 is 34.5 Å². The molecule has 0 aliphatic heterocycles. The molecule has 3 rings (SSSR count). The third-order valence-corrected chi connectivity index (χ3v) is 4.13. The summed E-state index contributed by atoms with van der Waals surface area (Å²) in [6, 6.07) is 0.470. The molecule has 10 heteroatoms. The largest absolute Gasteiger partial charge is 0.432 e. The quantitative estimate of drug-likeness (QED) is 0.658. The van der Waals surface area contributed by atoms with Crippen LogP contribution in [0.2, 0.25) is 0 Å². The van der Waals surface area contributed by atoms with Gasteiger partial charge < -0.3 is 15.4 Å². The molecule has 128 valence electrons. The van der Waals surface area contributed by atoms with Crippen LogP contribution in [0.15, 0.2) is 24.8 Å². The Morgan fingerprint density at radius 1 is 0.958 bits per heavy atom. The van der Waals surface area contributed by atoms with Gasteiger partial charge in [0.2, 0.25) is 11.9 Å². The predicted molar refractivity (Wildman–Crippen MR) is 92.1 cm³/mol. The first-order chi connectivity index (χ1) is 11.6. The topological polar surface area (TPSA) is 84.9 Å². The SMILES string of the molecule is FC(F)Oc1cnc(N[C@H]2CC[C@H](Nc3ncc(I)cn3)C2)nc1. The first kappa shape index (κ1) is 17.0. The first-order valence-corrected chi connectivity index (χ1v) is 8.44. The molecule has 1 saturated carbocycles. The van der Waals surface area contributed by atoms with Crippen LogP contribution in [0.4, 0.5) is 20.7 Å². The number of halogens is 3. The first-order valence-electron chi connectivity index (χ1n) is 7.36.